The average Bonchev–Trinajstić information content (AvgIpc) is 2.72. The average molecular weight is 261 g/mol. The van der Waals surface area contributed by atoms with Gasteiger partial charge in [-0.05, 0) is 12.1 Å². The molecule has 16 heavy (non-hydrogen) atoms. The van der Waals surface area contributed by atoms with Gasteiger partial charge in [-0.15, -0.1) is 11.3 Å². The molecule has 0 aliphatic carbocycles. The minimum atomic E-state index is -3.62. The van der Waals surface area contributed by atoms with Crippen LogP contribution in [0.4, 0.5) is 0 Å². The third-order valence-electron chi connectivity index (χ3n) is 2.04. The topological polar surface area (TPSA) is 95.7 Å². The highest BCUT2D eigenvalue weighted by molar-refractivity contribution is 7.87. The van der Waals surface area contributed by atoms with E-state index in [0.29, 0.717) is 6.54 Å². The van der Waals surface area contributed by atoms with Gasteiger partial charge in [0, 0.05) is 16.3 Å². The van der Waals surface area contributed by atoms with E-state index >= 15 is 0 Å². The van der Waals surface area contributed by atoms with Crippen molar-refractivity contribution in [1.82, 2.24) is 9.03 Å². The van der Waals surface area contributed by atoms with Gasteiger partial charge in [0.25, 0.3) is 0 Å². The minimum absolute atomic E-state index is 0.198. The van der Waals surface area contributed by atoms with Crippen molar-refractivity contribution in [3.8, 4) is 0 Å². The molecule has 2 heterocycles. The van der Waals surface area contributed by atoms with Gasteiger partial charge in [0.2, 0.25) is 5.88 Å². The fraction of sp³-hybridized carbons (Fsp3) is 0.250. The molecule has 2 rings (SSSR count). The molecule has 0 radical (unpaired) electrons. The van der Waals surface area contributed by atoms with Crippen molar-refractivity contribution in [3.63, 3.8) is 0 Å². The Hall–Kier alpha value is -1.25. The molecule has 4 N–H and O–H groups in total. The number of hydrogen-bond donors (Lipinski definition) is 3. The number of hydrogen-bond acceptors (Lipinski definition) is 5. The molecule has 8 heteroatoms. The molecule has 1 aromatic rings. The van der Waals surface area contributed by atoms with Crippen molar-refractivity contribution >= 4 is 21.5 Å². The number of aliphatic hydroxyl groups excluding tert-OH is 1. The summed E-state index contributed by atoms with van der Waals surface area (Å²) < 4.78 is 25.9. The van der Waals surface area contributed by atoms with Crippen molar-refractivity contribution in [2.45, 2.75) is 13.1 Å². The SMILES string of the molecule is NCc1ccc(CN2C=C(O)NS2(=O)=O)s1. The summed E-state index contributed by atoms with van der Waals surface area (Å²) in [6.07, 6.45) is 1.15. The van der Waals surface area contributed by atoms with E-state index in [2.05, 4.69) is 0 Å². The van der Waals surface area contributed by atoms with Crippen LogP contribution in [0, 0.1) is 0 Å². The van der Waals surface area contributed by atoms with Gasteiger partial charge in [0.1, 0.15) is 0 Å². The van der Waals surface area contributed by atoms with Crippen molar-refractivity contribution in [1.29, 1.82) is 0 Å². The number of nitrogens with one attached hydrogen (secondary N) is 1. The van der Waals surface area contributed by atoms with Crippen LogP contribution in [0.5, 0.6) is 0 Å². The number of rotatable bonds is 3. The summed E-state index contributed by atoms with van der Waals surface area (Å²) in [6.45, 7) is 0.640. The molecule has 0 unspecified atom stereocenters. The van der Waals surface area contributed by atoms with Crippen LogP contribution in [0.3, 0.4) is 0 Å². The monoisotopic (exact) mass is 261 g/mol. The van der Waals surface area contributed by atoms with Gasteiger partial charge in [-0.25, -0.2) is 9.03 Å². The van der Waals surface area contributed by atoms with Crippen molar-refractivity contribution in [3.05, 3.63) is 34.0 Å². The molecule has 0 amide bonds. The molecule has 6 nitrogen and oxygen atoms in total. The van der Waals surface area contributed by atoms with E-state index in [9.17, 15) is 8.42 Å². The number of aliphatic hydroxyl groups is 1. The van der Waals surface area contributed by atoms with Gasteiger partial charge >= 0.3 is 10.2 Å². The number of thiophene rings is 1. The maximum absolute atomic E-state index is 11.4. The summed E-state index contributed by atoms with van der Waals surface area (Å²) in [7, 11) is -3.62. The predicted octanol–water partition coefficient (Wildman–Crippen LogP) is 0.214. The maximum atomic E-state index is 11.4. The van der Waals surface area contributed by atoms with Gasteiger partial charge in [-0.3, -0.25) is 0 Å². The van der Waals surface area contributed by atoms with Crippen LogP contribution in [-0.4, -0.2) is 17.8 Å². The fourth-order valence-corrected chi connectivity index (χ4v) is 3.28. The molecular weight excluding hydrogens is 250 g/mol. The molecule has 88 valence electrons. The quantitative estimate of drug-likeness (QED) is 0.725. The summed E-state index contributed by atoms with van der Waals surface area (Å²) >= 11 is 1.45. The molecule has 0 bridgehead atoms. The molecule has 0 fully saturated rings. The van der Waals surface area contributed by atoms with Crippen LogP contribution >= 0.6 is 11.3 Å². The first-order chi connectivity index (χ1) is 7.51. The summed E-state index contributed by atoms with van der Waals surface area (Å²) in [6, 6.07) is 3.69. The molecule has 0 saturated heterocycles. The molecule has 0 aromatic carbocycles. The Balaban J connectivity index is 2.16. The maximum Gasteiger partial charge on any atom is 0.326 e. The normalized spacial score (nSPS) is 18.3. The molecule has 1 aromatic heterocycles. The van der Waals surface area contributed by atoms with E-state index in [-0.39, 0.29) is 12.4 Å². The highest BCUT2D eigenvalue weighted by Crippen LogP contribution is 2.21. The third kappa shape index (κ3) is 2.13. The Morgan fingerprint density at radius 2 is 2.12 bits per heavy atom. The fourth-order valence-electron chi connectivity index (χ4n) is 1.32. The second kappa shape index (κ2) is 3.96. The lowest BCUT2D eigenvalue weighted by atomic mass is 10.4. The van der Waals surface area contributed by atoms with E-state index in [1.165, 1.54) is 11.3 Å². The van der Waals surface area contributed by atoms with E-state index in [0.717, 1.165) is 20.3 Å². The molecular formula is C8H11N3O3S2. The Kier molecular flexibility index (Phi) is 2.78. The van der Waals surface area contributed by atoms with Crippen LogP contribution in [0.1, 0.15) is 9.75 Å². The zero-order chi connectivity index (χ0) is 11.8. The highest BCUT2D eigenvalue weighted by atomic mass is 32.2. The molecule has 0 spiro atoms. The molecule has 1 aliphatic heterocycles. The first-order valence-electron chi connectivity index (χ1n) is 4.49. The van der Waals surface area contributed by atoms with Gasteiger partial charge in [0.05, 0.1) is 12.7 Å². The summed E-state index contributed by atoms with van der Waals surface area (Å²) in [4.78, 5) is 1.87. The van der Waals surface area contributed by atoms with Gasteiger partial charge < -0.3 is 10.8 Å². The standard InChI is InChI=1S/C8H11N3O3S2/c9-3-6-1-2-7(15-6)4-11-5-8(12)10-16(11,13)14/h1-2,5,10,12H,3-4,9H2. The predicted molar refractivity (Wildman–Crippen MR) is 60.5 cm³/mol. The minimum Gasteiger partial charge on any atom is -0.493 e. The van der Waals surface area contributed by atoms with E-state index in [1.807, 2.05) is 16.9 Å². The summed E-state index contributed by atoms with van der Waals surface area (Å²) in [5.74, 6) is -0.365. The Morgan fingerprint density at radius 3 is 2.62 bits per heavy atom. The first-order valence-corrected chi connectivity index (χ1v) is 6.75. The second-order valence-corrected chi connectivity index (χ2v) is 6.11. The van der Waals surface area contributed by atoms with Crippen LogP contribution in [0.15, 0.2) is 24.2 Å². The van der Waals surface area contributed by atoms with Gasteiger partial charge in [-0.1, -0.05) is 0 Å². The Bertz CT molecular complexity index is 520. The summed E-state index contributed by atoms with van der Waals surface area (Å²) in [5, 5.41) is 9.08. The van der Waals surface area contributed by atoms with Crippen LogP contribution in [-0.2, 0) is 23.3 Å². The van der Waals surface area contributed by atoms with Crippen LogP contribution in [0.25, 0.3) is 0 Å². The molecule has 0 saturated carbocycles. The van der Waals surface area contributed by atoms with Crippen molar-refractivity contribution in [2.24, 2.45) is 5.73 Å². The zero-order valence-corrected chi connectivity index (χ0v) is 9.88. The summed E-state index contributed by atoms with van der Waals surface area (Å²) in [5.41, 5.74) is 5.46. The highest BCUT2D eigenvalue weighted by Gasteiger charge is 2.27. The lowest BCUT2D eigenvalue weighted by Crippen LogP contribution is -2.29. The lowest BCUT2D eigenvalue weighted by Gasteiger charge is -2.11. The largest absolute Gasteiger partial charge is 0.493 e. The lowest BCUT2D eigenvalue weighted by molar-refractivity contribution is 0.390. The Labute approximate surface area is 97.2 Å². The molecule has 1 aliphatic rings. The van der Waals surface area contributed by atoms with Gasteiger partial charge in [0.15, 0.2) is 0 Å². The van der Waals surface area contributed by atoms with E-state index in [1.54, 1.807) is 0 Å². The number of nitrogens with two attached hydrogens (primary N) is 1. The third-order valence-corrected chi connectivity index (χ3v) is 4.45. The number of nitrogens with zero attached hydrogens (tertiary/aromatic N) is 1. The first kappa shape index (κ1) is 11.2. The second-order valence-electron chi connectivity index (χ2n) is 3.24. The Morgan fingerprint density at radius 1 is 1.44 bits per heavy atom. The smallest absolute Gasteiger partial charge is 0.326 e. The van der Waals surface area contributed by atoms with Crippen molar-refractivity contribution in [2.75, 3.05) is 0 Å². The zero-order valence-electron chi connectivity index (χ0n) is 8.25. The van der Waals surface area contributed by atoms with E-state index in [4.69, 9.17) is 10.8 Å². The van der Waals surface area contributed by atoms with Crippen LogP contribution in [0.2, 0.25) is 0 Å². The van der Waals surface area contributed by atoms with Crippen LogP contribution < -0.4 is 10.5 Å². The molecule has 0 atom stereocenters. The van der Waals surface area contributed by atoms with Crippen molar-refractivity contribution < 1.29 is 13.5 Å². The van der Waals surface area contributed by atoms with Gasteiger partial charge in [-0.2, -0.15) is 8.42 Å². The van der Waals surface area contributed by atoms with E-state index < -0.39 is 10.2 Å².